The molecule has 0 fully saturated rings. The largest absolute Gasteiger partial charge is 0.494 e. The van der Waals surface area contributed by atoms with E-state index in [1.54, 1.807) is 0 Å². The number of nitrogens with one attached hydrogen (secondary N) is 1. The van der Waals surface area contributed by atoms with Crippen LogP contribution in [0.15, 0.2) is 42.7 Å². The van der Waals surface area contributed by atoms with Crippen LogP contribution in [-0.2, 0) is 13.1 Å². The van der Waals surface area contributed by atoms with Crippen molar-refractivity contribution in [2.45, 2.75) is 19.5 Å². The summed E-state index contributed by atoms with van der Waals surface area (Å²) in [6.07, 6.45) is 4.92. The molecular formula is C14H19N3O. The number of benzene rings is 1. The molecule has 1 aromatic carbocycles. The standard InChI is InChI=1S/C14H19N3O/c1-15-10-13-11-16-17(12-13)8-5-9-18-14-6-3-2-4-7-14/h2-4,6-7,11-12,15H,5,8-10H2,1H3. The van der Waals surface area contributed by atoms with E-state index < -0.39 is 0 Å². The van der Waals surface area contributed by atoms with Crippen molar-refractivity contribution in [1.29, 1.82) is 0 Å². The minimum atomic E-state index is 0.714. The zero-order valence-electron chi connectivity index (χ0n) is 10.7. The zero-order chi connectivity index (χ0) is 12.6. The van der Waals surface area contributed by atoms with Crippen molar-refractivity contribution in [3.05, 3.63) is 48.3 Å². The van der Waals surface area contributed by atoms with Gasteiger partial charge in [0.05, 0.1) is 12.8 Å². The van der Waals surface area contributed by atoms with Crippen molar-refractivity contribution in [3.8, 4) is 5.75 Å². The third-order valence-corrected chi connectivity index (χ3v) is 2.61. The monoisotopic (exact) mass is 245 g/mol. The van der Waals surface area contributed by atoms with Crippen LogP contribution in [-0.4, -0.2) is 23.4 Å². The zero-order valence-corrected chi connectivity index (χ0v) is 10.7. The lowest BCUT2D eigenvalue weighted by atomic mass is 10.3. The maximum Gasteiger partial charge on any atom is 0.119 e. The average molecular weight is 245 g/mol. The number of ether oxygens (including phenoxy) is 1. The normalized spacial score (nSPS) is 10.5. The van der Waals surface area contributed by atoms with E-state index in [-0.39, 0.29) is 0 Å². The predicted octanol–water partition coefficient (Wildman–Crippen LogP) is 2.07. The predicted molar refractivity (Wildman–Crippen MR) is 71.5 cm³/mol. The first-order valence-electron chi connectivity index (χ1n) is 6.22. The van der Waals surface area contributed by atoms with E-state index in [9.17, 15) is 0 Å². The SMILES string of the molecule is CNCc1cnn(CCCOc2ccccc2)c1. The van der Waals surface area contributed by atoms with Crippen molar-refractivity contribution in [2.75, 3.05) is 13.7 Å². The van der Waals surface area contributed by atoms with Gasteiger partial charge in [-0.1, -0.05) is 18.2 Å². The summed E-state index contributed by atoms with van der Waals surface area (Å²) in [6, 6.07) is 9.89. The maximum absolute atomic E-state index is 5.63. The van der Waals surface area contributed by atoms with Crippen molar-refractivity contribution < 1.29 is 4.74 Å². The second-order valence-electron chi connectivity index (χ2n) is 4.16. The van der Waals surface area contributed by atoms with E-state index in [1.165, 1.54) is 5.56 Å². The van der Waals surface area contributed by atoms with Crippen molar-refractivity contribution >= 4 is 0 Å². The van der Waals surface area contributed by atoms with Crippen molar-refractivity contribution in [1.82, 2.24) is 15.1 Å². The Morgan fingerprint density at radius 3 is 2.89 bits per heavy atom. The Bertz CT molecular complexity index is 453. The van der Waals surface area contributed by atoms with Crippen LogP contribution in [0.5, 0.6) is 5.75 Å². The average Bonchev–Trinajstić information content (AvgIpc) is 2.84. The minimum Gasteiger partial charge on any atom is -0.494 e. The summed E-state index contributed by atoms with van der Waals surface area (Å²) in [5, 5.41) is 7.41. The molecule has 4 nitrogen and oxygen atoms in total. The molecular weight excluding hydrogens is 226 g/mol. The Labute approximate surface area is 108 Å². The molecule has 0 amide bonds. The van der Waals surface area contributed by atoms with Crippen LogP contribution >= 0.6 is 0 Å². The van der Waals surface area contributed by atoms with Gasteiger partial charge in [0.2, 0.25) is 0 Å². The molecule has 2 aromatic rings. The summed E-state index contributed by atoms with van der Waals surface area (Å²) in [5.41, 5.74) is 1.21. The van der Waals surface area contributed by atoms with E-state index >= 15 is 0 Å². The van der Waals surface area contributed by atoms with Gasteiger partial charge in [0.1, 0.15) is 5.75 Å². The van der Waals surface area contributed by atoms with Crippen LogP contribution in [0.25, 0.3) is 0 Å². The van der Waals surface area contributed by atoms with Crippen LogP contribution in [0, 0.1) is 0 Å². The van der Waals surface area contributed by atoms with E-state index in [4.69, 9.17) is 4.74 Å². The molecule has 0 aliphatic heterocycles. The van der Waals surface area contributed by atoms with E-state index in [1.807, 2.05) is 48.3 Å². The number of hydrogen-bond acceptors (Lipinski definition) is 3. The second kappa shape index (κ2) is 6.81. The number of aryl methyl sites for hydroxylation is 1. The first-order valence-corrected chi connectivity index (χ1v) is 6.22. The molecule has 0 spiro atoms. The fraction of sp³-hybridized carbons (Fsp3) is 0.357. The van der Waals surface area contributed by atoms with Gasteiger partial charge in [-0.2, -0.15) is 5.10 Å². The molecule has 2 rings (SSSR count). The van der Waals surface area contributed by atoms with Crippen LogP contribution in [0.3, 0.4) is 0 Å². The highest BCUT2D eigenvalue weighted by atomic mass is 16.5. The summed E-state index contributed by atoms with van der Waals surface area (Å²) in [5.74, 6) is 0.925. The molecule has 0 saturated heterocycles. The molecule has 1 heterocycles. The van der Waals surface area contributed by atoms with Crippen LogP contribution in [0.1, 0.15) is 12.0 Å². The molecule has 0 atom stereocenters. The van der Waals surface area contributed by atoms with E-state index in [0.29, 0.717) is 6.61 Å². The van der Waals surface area contributed by atoms with Crippen molar-refractivity contribution in [2.24, 2.45) is 0 Å². The van der Waals surface area contributed by atoms with Crippen molar-refractivity contribution in [3.63, 3.8) is 0 Å². The third-order valence-electron chi connectivity index (χ3n) is 2.61. The fourth-order valence-electron chi connectivity index (χ4n) is 1.76. The van der Waals surface area contributed by atoms with Gasteiger partial charge in [-0.25, -0.2) is 0 Å². The molecule has 0 aliphatic carbocycles. The summed E-state index contributed by atoms with van der Waals surface area (Å²) in [4.78, 5) is 0. The summed E-state index contributed by atoms with van der Waals surface area (Å²) in [6.45, 7) is 2.46. The van der Waals surface area contributed by atoms with Crippen LogP contribution in [0.2, 0.25) is 0 Å². The van der Waals surface area contributed by atoms with E-state index in [0.717, 1.165) is 25.3 Å². The fourth-order valence-corrected chi connectivity index (χ4v) is 1.76. The van der Waals surface area contributed by atoms with Gasteiger partial charge >= 0.3 is 0 Å². The number of rotatable bonds is 7. The number of aromatic nitrogens is 2. The van der Waals surface area contributed by atoms with Gasteiger partial charge in [0.25, 0.3) is 0 Å². The highest BCUT2D eigenvalue weighted by Crippen LogP contribution is 2.08. The first kappa shape index (κ1) is 12.6. The molecule has 0 bridgehead atoms. The minimum absolute atomic E-state index is 0.714. The Balaban J connectivity index is 1.68. The smallest absolute Gasteiger partial charge is 0.119 e. The second-order valence-corrected chi connectivity index (χ2v) is 4.16. The van der Waals surface area contributed by atoms with E-state index in [2.05, 4.69) is 16.6 Å². The summed E-state index contributed by atoms with van der Waals surface area (Å²) in [7, 11) is 1.94. The third kappa shape index (κ3) is 3.89. The highest BCUT2D eigenvalue weighted by Gasteiger charge is 1.98. The maximum atomic E-state index is 5.63. The quantitative estimate of drug-likeness (QED) is 0.759. The lowest BCUT2D eigenvalue weighted by molar-refractivity contribution is 0.298. The number of hydrogen-bond donors (Lipinski definition) is 1. The van der Waals surface area contributed by atoms with Gasteiger partial charge in [-0.15, -0.1) is 0 Å². The van der Waals surface area contributed by atoms with Crippen LogP contribution < -0.4 is 10.1 Å². The number of nitrogens with zero attached hydrogens (tertiary/aromatic N) is 2. The van der Waals surface area contributed by atoms with Gasteiger partial charge in [-0.05, 0) is 19.2 Å². The lowest BCUT2D eigenvalue weighted by Crippen LogP contribution is -2.05. The molecule has 18 heavy (non-hydrogen) atoms. The Morgan fingerprint density at radius 1 is 1.28 bits per heavy atom. The molecule has 4 heteroatoms. The van der Waals surface area contributed by atoms with Gasteiger partial charge in [0.15, 0.2) is 0 Å². The molecule has 1 aromatic heterocycles. The molecule has 1 N–H and O–H groups in total. The molecule has 96 valence electrons. The summed E-state index contributed by atoms with van der Waals surface area (Å²) < 4.78 is 7.59. The highest BCUT2D eigenvalue weighted by molar-refractivity contribution is 5.20. The molecule has 0 saturated carbocycles. The Kier molecular flexibility index (Phi) is 4.78. The molecule has 0 unspecified atom stereocenters. The van der Waals surface area contributed by atoms with Crippen LogP contribution in [0.4, 0.5) is 0 Å². The lowest BCUT2D eigenvalue weighted by Gasteiger charge is -2.05. The Hall–Kier alpha value is -1.81. The van der Waals surface area contributed by atoms with Gasteiger partial charge in [0, 0.05) is 31.3 Å². The number of para-hydroxylation sites is 1. The topological polar surface area (TPSA) is 39.1 Å². The first-order chi connectivity index (χ1) is 8.88. The Morgan fingerprint density at radius 2 is 2.11 bits per heavy atom. The summed E-state index contributed by atoms with van der Waals surface area (Å²) >= 11 is 0. The molecule has 0 radical (unpaired) electrons. The van der Waals surface area contributed by atoms with Gasteiger partial charge < -0.3 is 10.1 Å². The molecule has 0 aliphatic rings. The van der Waals surface area contributed by atoms with Gasteiger partial charge in [-0.3, -0.25) is 4.68 Å².